The van der Waals surface area contributed by atoms with Crippen LogP contribution in [0.5, 0.6) is 0 Å². The molecule has 1 fully saturated rings. The summed E-state index contributed by atoms with van der Waals surface area (Å²) in [6.45, 7) is 4.47. The second-order valence-electron chi connectivity index (χ2n) is 5.94. The number of hydrogen-bond acceptors (Lipinski definition) is 3. The van der Waals surface area contributed by atoms with E-state index in [1.165, 1.54) is 0 Å². The molecule has 1 aliphatic heterocycles. The maximum Gasteiger partial charge on any atom is 0.244 e. The molecular weight excluding hydrogens is 286 g/mol. The minimum Gasteiger partial charge on any atom is -0.399 e. The lowest BCUT2D eigenvalue weighted by molar-refractivity contribution is -0.121. The Bertz CT molecular complexity index is 671. The maximum absolute atomic E-state index is 12.8. The minimum absolute atomic E-state index is 0.0540. The fraction of sp³-hybridized carbons (Fsp3) is 0.316. The van der Waals surface area contributed by atoms with E-state index in [1.54, 1.807) is 0 Å². The zero-order valence-electron chi connectivity index (χ0n) is 13.5. The number of amides is 1. The van der Waals surface area contributed by atoms with Crippen LogP contribution in [0, 0.1) is 0 Å². The number of carbonyl (C=O) groups excluding carboxylic acids is 1. The van der Waals surface area contributed by atoms with Crippen LogP contribution in [-0.4, -0.2) is 29.9 Å². The van der Waals surface area contributed by atoms with Gasteiger partial charge in [0.05, 0.1) is 6.04 Å². The van der Waals surface area contributed by atoms with Gasteiger partial charge in [0.15, 0.2) is 0 Å². The van der Waals surface area contributed by atoms with Gasteiger partial charge in [-0.2, -0.15) is 0 Å². The Hall–Kier alpha value is -2.33. The van der Waals surface area contributed by atoms with Gasteiger partial charge < -0.3 is 10.6 Å². The Morgan fingerprint density at radius 3 is 2.65 bits per heavy atom. The third kappa shape index (κ3) is 3.37. The summed E-state index contributed by atoms with van der Waals surface area (Å²) in [7, 11) is 0. The number of nitrogens with two attached hydrogens (primary N) is 1. The van der Waals surface area contributed by atoms with Gasteiger partial charge in [-0.25, -0.2) is 0 Å². The van der Waals surface area contributed by atoms with Crippen molar-refractivity contribution in [1.29, 1.82) is 0 Å². The van der Waals surface area contributed by atoms with Crippen molar-refractivity contribution in [3.05, 3.63) is 60.2 Å². The fourth-order valence-corrected chi connectivity index (χ4v) is 3.24. The molecule has 2 N–H and O–H groups in total. The molecule has 1 heterocycles. The predicted molar refractivity (Wildman–Crippen MR) is 94.1 cm³/mol. The summed E-state index contributed by atoms with van der Waals surface area (Å²) in [6.07, 6.45) is 0.865. The van der Waals surface area contributed by atoms with E-state index in [1.807, 2.05) is 53.4 Å². The number of rotatable bonds is 5. The summed E-state index contributed by atoms with van der Waals surface area (Å²) in [4.78, 5) is 17.0. The van der Waals surface area contributed by atoms with Crippen molar-refractivity contribution in [3.63, 3.8) is 0 Å². The molecule has 23 heavy (non-hydrogen) atoms. The average Bonchev–Trinajstić information content (AvgIpc) is 2.95. The topological polar surface area (TPSA) is 49.6 Å². The van der Waals surface area contributed by atoms with E-state index in [-0.39, 0.29) is 11.9 Å². The van der Waals surface area contributed by atoms with Crippen molar-refractivity contribution in [2.24, 2.45) is 0 Å². The molecule has 3 rings (SSSR count). The molecule has 2 aromatic carbocycles. The largest absolute Gasteiger partial charge is 0.399 e. The van der Waals surface area contributed by atoms with E-state index in [0.717, 1.165) is 43.0 Å². The number of anilines is 2. The molecule has 4 heteroatoms. The summed E-state index contributed by atoms with van der Waals surface area (Å²) < 4.78 is 0. The lowest BCUT2D eigenvalue weighted by atomic mass is 10.1. The van der Waals surface area contributed by atoms with E-state index < -0.39 is 0 Å². The second-order valence-corrected chi connectivity index (χ2v) is 5.94. The van der Waals surface area contributed by atoms with Gasteiger partial charge >= 0.3 is 0 Å². The number of nitrogens with zero attached hydrogens (tertiary/aromatic N) is 2. The van der Waals surface area contributed by atoms with Crippen LogP contribution >= 0.6 is 0 Å². The Labute approximate surface area is 137 Å². The van der Waals surface area contributed by atoms with Crippen molar-refractivity contribution in [2.75, 3.05) is 23.7 Å². The van der Waals surface area contributed by atoms with Crippen molar-refractivity contribution in [1.82, 2.24) is 4.90 Å². The molecular formula is C19H23N3O. The zero-order valence-corrected chi connectivity index (χ0v) is 13.5. The van der Waals surface area contributed by atoms with Gasteiger partial charge in [0.2, 0.25) is 5.91 Å². The quantitative estimate of drug-likeness (QED) is 0.864. The van der Waals surface area contributed by atoms with E-state index in [9.17, 15) is 4.79 Å². The Morgan fingerprint density at radius 1 is 1.17 bits per heavy atom. The van der Waals surface area contributed by atoms with Crippen molar-refractivity contribution in [3.8, 4) is 0 Å². The van der Waals surface area contributed by atoms with E-state index >= 15 is 0 Å². The molecule has 1 amide bonds. The van der Waals surface area contributed by atoms with Crippen LogP contribution in [0.2, 0.25) is 0 Å². The van der Waals surface area contributed by atoms with E-state index in [0.29, 0.717) is 0 Å². The highest BCUT2D eigenvalue weighted by Crippen LogP contribution is 2.25. The third-order valence-corrected chi connectivity index (χ3v) is 4.43. The summed E-state index contributed by atoms with van der Waals surface area (Å²) in [5, 5.41) is 0. The lowest BCUT2D eigenvalue weighted by Crippen LogP contribution is -2.41. The molecule has 1 saturated heterocycles. The highest BCUT2D eigenvalue weighted by Gasteiger charge is 2.35. The first kappa shape index (κ1) is 15.6. The Morgan fingerprint density at radius 2 is 1.96 bits per heavy atom. The monoisotopic (exact) mass is 309 g/mol. The molecule has 0 saturated carbocycles. The predicted octanol–water partition coefficient (Wildman–Crippen LogP) is 2.90. The number of nitrogen functional groups attached to an aromatic ring is 1. The summed E-state index contributed by atoms with van der Waals surface area (Å²) >= 11 is 0. The van der Waals surface area contributed by atoms with Gasteiger partial charge in [0.1, 0.15) is 0 Å². The molecule has 0 aliphatic carbocycles. The van der Waals surface area contributed by atoms with Crippen LogP contribution in [0.4, 0.5) is 11.4 Å². The highest BCUT2D eigenvalue weighted by molar-refractivity contribution is 5.99. The fourth-order valence-electron chi connectivity index (χ4n) is 3.24. The molecule has 4 nitrogen and oxygen atoms in total. The first-order valence-corrected chi connectivity index (χ1v) is 8.14. The van der Waals surface area contributed by atoms with Gasteiger partial charge in [0.25, 0.3) is 0 Å². The molecule has 120 valence electrons. The Balaban J connectivity index is 1.74. The molecule has 0 bridgehead atoms. The number of likely N-dealkylation sites (N-methyl/N-ethyl adjacent to an activating group) is 1. The van der Waals surface area contributed by atoms with Crippen LogP contribution in [-0.2, 0) is 11.3 Å². The normalized spacial score (nSPS) is 17.9. The summed E-state index contributed by atoms with van der Waals surface area (Å²) in [5.74, 6) is 0.196. The summed E-state index contributed by atoms with van der Waals surface area (Å²) in [6, 6.07) is 17.7. The smallest absolute Gasteiger partial charge is 0.244 e. The Kier molecular flexibility index (Phi) is 4.63. The van der Waals surface area contributed by atoms with Crippen LogP contribution in [0.1, 0.15) is 18.9 Å². The standard InChI is InChI=1S/C19H23N3O/c1-2-21(14-15-7-6-8-16(20)13-15)18-11-12-22(19(18)23)17-9-4-3-5-10-17/h3-10,13,18H,2,11-12,14,20H2,1H3. The molecule has 0 spiro atoms. The van der Waals surface area contributed by atoms with Gasteiger partial charge in [-0.05, 0) is 42.8 Å². The van der Waals surface area contributed by atoms with Crippen molar-refractivity contribution in [2.45, 2.75) is 25.9 Å². The number of benzene rings is 2. The molecule has 2 aromatic rings. The summed E-state index contributed by atoms with van der Waals surface area (Å²) in [5.41, 5.74) is 8.76. The molecule has 1 aliphatic rings. The second kappa shape index (κ2) is 6.84. The first-order chi connectivity index (χ1) is 11.2. The van der Waals surface area contributed by atoms with Crippen LogP contribution < -0.4 is 10.6 Å². The minimum atomic E-state index is -0.0540. The van der Waals surface area contributed by atoms with E-state index in [2.05, 4.69) is 17.9 Å². The van der Waals surface area contributed by atoms with Gasteiger partial charge in [-0.15, -0.1) is 0 Å². The maximum atomic E-state index is 12.8. The first-order valence-electron chi connectivity index (χ1n) is 8.14. The van der Waals surface area contributed by atoms with Crippen LogP contribution in [0.25, 0.3) is 0 Å². The van der Waals surface area contributed by atoms with Gasteiger partial charge in [-0.1, -0.05) is 37.3 Å². The van der Waals surface area contributed by atoms with Crippen molar-refractivity contribution >= 4 is 17.3 Å². The van der Waals surface area contributed by atoms with Crippen molar-refractivity contribution < 1.29 is 4.79 Å². The number of para-hydroxylation sites is 1. The van der Waals surface area contributed by atoms with E-state index in [4.69, 9.17) is 5.73 Å². The number of carbonyl (C=O) groups is 1. The van der Waals surface area contributed by atoms with Gasteiger partial charge in [-0.3, -0.25) is 9.69 Å². The average molecular weight is 309 g/mol. The zero-order chi connectivity index (χ0) is 16.2. The van der Waals surface area contributed by atoms with Crippen LogP contribution in [0.3, 0.4) is 0 Å². The molecule has 0 aromatic heterocycles. The van der Waals surface area contributed by atoms with Gasteiger partial charge in [0, 0.05) is 24.5 Å². The molecule has 1 atom stereocenters. The molecule has 0 radical (unpaired) electrons. The molecule has 1 unspecified atom stereocenters. The van der Waals surface area contributed by atoms with Crippen LogP contribution in [0.15, 0.2) is 54.6 Å². The SMILES string of the molecule is CCN(Cc1cccc(N)c1)C1CCN(c2ccccc2)C1=O. The third-order valence-electron chi connectivity index (χ3n) is 4.43. The lowest BCUT2D eigenvalue weighted by Gasteiger charge is -2.27. The number of hydrogen-bond donors (Lipinski definition) is 1. The highest BCUT2D eigenvalue weighted by atomic mass is 16.2.